The Morgan fingerprint density at radius 2 is 2.50 bits per heavy atom. The van der Waals surface area contributed by atoms with Gasteiger partial charge in [-0.3, -0.25) is 4.79 Å². The Balaban J connectivity index is 1.74. The van der Waals surface area contributed by atoms with E-state index in [1.165, 1.54) is 0 Å². The number of thioether (sulfide) groups is 1. The first-order valence-electron chi connectivity index (χ1n) is 6.33. The Morgan fingerprint density at radius 3 is 3.25 bits per heavy atom. The number of fused-ring (bicyclic) bond motifs is 1. The molecule has 1 fully saturated rings. The molecule has 106 valence electrons. The summed E-state index contributed by atoms with van der Waals surface area (Å²) in [5.41, 5.74) is 1.77. The maximum atomic E-state index is 12.1. The van der Waals surface area contributed by atoms with E-state index in [0.29, 0.717) is 19.8 Å². The number of aromatic nitrogens is 1. The van der Waals surface area contributed by atoms with Gasteiger partial charge in [0.05, 0.1) is 23.4 Å². The fraction of sp³-hybridized carbons (Fsp3) is 0.385. The molecule has 1 aromatic carbocycles. The number of morpholine rings is 1. The van der Waals surface area contributed by atoms with Gasteiger partial charge in [-0.15, -0.1) is 11.3 Å². The number of anilines is 1. The Kier molecular flexibility index (Phi) is 4.21. The molecule has 7 heteroatoms. The lowest BCUT2D eigenvalue weighted by atomic mass is 10.2. The highest BCUT2D eigenvalue weighted by atomic mass is 32.2. The summed E-state index contributed by atoms with van der Waals surface area (Å²) in [6.45, 7) is 1.79. The van der Waals surface area contributed by atoms with Crippen molar-refractivity contribution in [1.82, 2.24) is 10.3 Å². The molecule has 0 aliphatic carbocycles. The van der Waals surface area contributed by atoms with Crippen molar-refractivity contribution in [3.63, 3.8) is 0 Å². The molecule has 1 saturated heterocycles. The fourth-order valence-electron chi connectivity index (χ4n) is 2.03. The van der Waals surface area contributed by atoms with Crippen molar-refractivity contribution in [1.29, 1.82) is 0 Å². The quantitative estimate of drug-likeness (QED) is 0.849. The van der Waals surface area contributed by atoms with Crippen molar-refractivity contribution in [3.05, 3.63) is 18.2 Å². The zero-order valence-corrected chi connectivity index (χ0v) is 12.6. The lowest BCUT2D eigenvalue weighted by Crippen LogP contribution is -2.48. The van der Waals surface area contributed by atoms with Gasteiger partial charge in [-0.05, 0) is 24.5 Å². The van der Waals surface area contributed by atoms with Crippen molar-refractivity contribution >= 4 is 44.9 Å². The number of hydrogen-bond acceptors (Lipinski definition) is 6. The van der Waals surface area contributed by atoms with Crippen LogP contribution in [0.3, 0.4) is 0 Å². The molecule has 0 saturated carbocycles. The molecule has 1 amide bonds. The normalized spacial score (nSPS) is 19.1. The number of amides is 1. The number of carbonyl (C=O) groups is 1. The van der Waals surface area contributed by atoms with E-state index in [9.17, 15) is 4.79 Å². The van der Waals surface area contributed by atoms with E-state index < -0.39 is 0 Å². The van der Waals surface area contributed by atoms with Gasteiger partial charge < -0.3 is 15.4 Å². The van der Waals surface area contributed by atoms with Crippen LogP contribution >= 0.6 is 23.1 Å². The van der Waals surface area contributed by atoms with Gasteiger partial charge in [0.1, 0.15) is 6.04 Å². The minimum Gasteiger partial charge on any atom is -0.378 e. The summed E-state index contributed by atoms with van der Waals surface area (Å²) in [7, 11) is 0. The summed E-state index contributed by atoms with van der Waals surface area (Å²) < 4.78 is 7.41. The number of benzene rings is 1. The van der Waals surface area contributed by atoms with Gasteiger partial charge in [-0.2, -0.15) is 0 Å². The lowest BCUT2D eigenvalue weighted by Gasteiger charge is -2.22. The molecule has 20 heavy (non-hydrogen) atoms. The van der Waals surface area contributed by atoms with E-state index in [-0.39, 0.29) is 11.9 Å². The molecule has 2 N–H and O–H groups in total. The number of hydrogen-bond donors (Lipinski definition) is 2. The van der Waals surface area contributed by atoms with Gasteiger partial charge in [0.25, 0.3) is 0 Å². The molecule has 0 radical (unpaired) electrons. The maximum absolute atomic E-state index is 12.1. The van der Waals surface area contributed by atoms with Gasteiger partial charge in [-0.1, -0.05) is 11.8 Å². The summed E-state index contributed by atoms with van der Waals surface area (Å²) in [6.07, 6.45) is 2.01. The largest absolute Gasteiger partial charge is 0.378 e. The second kappa shape index (κ2) is 6.09. The van der Waals surface area contributed by atoms with Crippen LogP contribution in [0.15, 0.2) is 22.5 Å². The van der Waals surface area contributed by atoms with Crippen molar-refractivity contribution in [2.45, 2.75) is 10.4 Å². The van der Waals surface area contributed by atoms with Crippen molar-refractivity contribution < 1.29 is 9.53 Å². The van der Waals surface area contributed by atoms with Crippen LogP contribution in [0.4, 0.5) is 5.69 Å². The standard InChI is InChI=1S/C13H15N3O2S2/c1-19-13-16-9-3-2-8(6-11(9)20-13)15-12(17)10-7-18-5-4-14-10/h2-3,6,10,14H,4-5,7H2,1H3,(H,15,17). The molecule has 3 rings (SSSR count). The van der Waals surface area contributed by atoms with Crippen LogP contribution in [0.2, 0.25) is 0 Å². The zero-order valence-electron chi connectivity index (χ0n) is 11.0. The van der Waals surface area contributed by atoms with Gasteiger partial charge in [0.15, 0.2) is 4.34 Å². The third-order valence-electron chi connectivity index (χ3n) is 3.05. The Morgan fingerprint density at radius 1 is 1.60 bits per heavy atom. The van der Waals surface area contributed by atoms with E-state index in [1.54, 1.807) is 23.1 Å². The zero-order chi connectivity index (χ0) is 13.9. The lowest BCUT2D eigenvalue weighted by molar-refractivity contribution is -0.120. The molecule has 1 aromatic heterocycles. The molecular formula is C13H15N3O2S2. The highest BCUT2D eigenvalue weighted by molar-refractivity contribution is 8.00. The number of nitrogens with one attached hydrogen (secondary N) is 2. The summed E-state index contributed by atoms with van der Waals surface area (Å²) in [6, 6.07) is 5.51. The third-order valence-corrected chi connectivity index (χ3v) is 5.05. The number of thiazole rings is 1. The maximum Gasteiger partial charge on any atom is 0.243 e. The average Bonchev–Trinajstić information content (AvgIpc) is 2.90. The van der Waals surface area contributed by atoms with Crippen LogP contribution in [-0.2, 0) is 9.53 Å². The minimum atomic E-state index is -0.275. The molecule has 2 aromatic rings. The van der Waals surface area contributed by atoms with Gasteiger partial charge in [0.2, 0.25) is 5.91 Å². The van der Waals surface area contributed by atoms with Gasteiger partial charge in [-0.25, -0.2) is 4.98 Å². The van der Waals surface area contributed by atoms with Gasteiger partial charge in [0, 0.05) is 12.2 Å². The fourth-order valence-corrected chi connectivity index (χ4v) is 3.56. The van der Waals surface area contributed by atoms with Crippen molar-refractivity contribution in [2.75, 3.05) is 31.3 Å². The minimum absolute atomic E-state index is 0.0568. The first-order chi connectivity index (χ1) is 9.76. The number of carbonyl (C=O) groups excluding carboxylic acids is 1. The van der Waals surface area contributed by atoms with E-state index in [4.69, 9.17) is 4.74 Å². The molecular weight excluding hydrogens is 294 g/mol. The van der Waals surface area contributed by atoms with E-state index in [2.05, 4.69) is 15.6 Å². The molecule has 5 nitrogen and oxygen atoms in total. The summed E-state index contributed by atoms with van der Waals surface area (Å²) in [5.74, 6) is -0.0568. The van der Waals surface area contributed by atoms with Gasteiger partial charge >= 0.3 is 0 Å². The van der Waals surface area contributed by atoms with Crippen LogP contribution < -0.4 is 10.6 Å². The van der Waals surface area contributed by atoms with E-state index in [1.807, 2.05) is 24.5 Å². The van der Waals surface area contributed by atoms with E-state index >= 15 is 0 Å². The average molecular weight is 309 g/mol. The molecule has 0 spiro atoms. The first-order valence-corrected chi connectivity index (χ1v) is 8.37. The first kappa shape index (κ1) is 13.8. The van der Waals surface area contributed by atoms with Crippen molar-refractivity contribution in [3.8, 4) is 0 Å². The van der Waals surface area contributed by atoms with Crippen LogP contribution in [0.5, 0.6) is 0 Å². The molecule has 1 atom stereocenters. The SMILES string of the molecule is CSc1nc2ccc(NC(=O)C3COCCN3)cc2s1. The van der Waals surface area contributed by atoms with Crippen LogP contribution in [0.1, 0.15) is 0 Å². The predicted octanol–water partition coefficient (Wildman–Crippen LogP) is 1.95. The molecule has 1 aliphatic heterocycles. The number of nitrogens with zero attached hydrogens (tertiary/aromatic N) is 1. The second-order valence-electron chi connectivity index (χ2n) is 4.44. The van der Waals surface area contributed by atoms with Crippen LogP contribution in [0.25, 0.3) is 10.2 Å². The molecule has 1 aliphatic rings. The summed E-state index contributed by atoms with van der Waals surface area (Å²) >= 11 is 3.26. The van der Waals surface area contributed by atoms with E-state index in [0.717, 1.165) is 20.2 Å². The number of ether oxygens (including phenoxy) is 1. The highest BCUT2D eigenvalue weighted by Crippen LogP contribution is 2.29. The van der Waals surface area contributed by atoms with Crippen LogP contribution in [-0.4, -0.2) is 42.9 Å². The Bertz CT molecular complexity index is 623. The smallest absolute Gasteiger partial charge is 0.243 e. The number of rotatable bonds is 3. The second-order valence-corrected chi connectivity index (χ2v) is 6.52. The molecule has 2 heterocycles. The van der Waals surface area contributed by atoms with Crippen molar-refractivity contribution in [2.24, 2.45) is 0 Å². The summed E-state index contributed by atoms with van der Waals surface area (Å²) in [5, 5.41) is 6.06. The molecule has 0 bridgehead atoms. The third kappa shape index (κ3) is 2.95. The molecule has 1 unspecified atom stereocenters. The highest BCUT2D eigenvalue weighted by Gasteiger charge is 2.21. The Hall–Kier alpha value is -1.15. The Labute approximate surface area is 125 Å². The summed E-state index contributed by atoms with van der Waals surface area (Å²) in [4.78, 5) is 16.6. The predicted molar refractivity (Wildman–Crippen MR) is 82.6 cm³/mol. The monoisotopic (exact) mass is 309 g/mol. The van der Waals surface area contributed by atoms with Crippen LogP contribution in [0, 0.1) is 0 Å². The topological polar surface area (TPSA) is 63.2 Å².